The number of hydrogen-bond donors (Lipinski definition) is 2. The third-order valence-electron chi connectivity index (χ3n) is 5.38. The van der Waals surface area contributed by atoms with Crippen molar-refractivity contribution in [2.45, 2.75) is 57.4 Å². The van der Waals surface area contributed by atoms with Crippen molar-refractivity contribution in [2.75, 3.05) is 0 Å². The Hall–Kier alpha value is -3.24. The smallest absolute Gasteiger partial charge is 0.321 e. The molecule has 4 rings (SSSR count). The first-order valence-electron chi connectivity index (χ1n) is 10.9. The third-order valence-corrected chi connectivity index (χ3v) is 6.85. The fraction of sp³-hybridized carbons (Fsp3) is 0.375. The molecule has 0 aliphatic carbocycles. The van der Waals surface area contributed by atoms with E-state index in [9.17, 15) is 18.3 Å². The predicted molar refractivity (Wildman–Crippen MR) is 127 cm³/mol. The van der Waals surface area contributed by atoms with Gasteiger partial charge in [-0.3, -0.25) is 4.79 Å². The van der Waals surface area contributed by atoms with Crippen molar-refractivity contribution in [3.8, 4) is 11.4 Å². The van der Waals surface area contributed by atoms with E-state index in [0.29, 0.717) is 28.3 Å². The summed E-state index contributed by atoms with van der Waals surface area (Å²) in [4.78, 5) is 15.9. The second-order valence-corrected chi connectivity index (χ2v) is 11.5. The monoisotopic (exact) mass is 485 g/mol. The number of nitrogens with one attached hydrogen (secondary N) is 1. The van der Waals surface area contributed by atoms with Gasteiger partial charge in [0.2, 0.25) is 21.7 Å². The summed E-state index contributed by atoms with van der Waals surface area (Å²) in [6, 6.07) is 8.72. The lowest BCUT2D eigenvalue weighted by Gasteiger charge is -2.16. The number of carboxylic acid groups (broad SMARTS) is 1. The molecule has 0 unspecified atom stereocenters. The molecule has 0 fully saturated rings. The zero-order chi connectivity index (χ0) is 24.8. The normalized spacial score (nSPS) is 13.7. The molecule has 0 bridgehead atoms. The average molecular weight is 486 g/mol. The maximum atomic E-state index is 12.9. The molecule has 9 nitrogen and oxygen atoms in total. The standard InChI is InChI=1S/C24H27N3O6S/c1-13(2)10-18(22(28)29)27-34(30,31)15-7-8-16-17-11-14(6-9-19(17)32-20(16)12-15)21-25-23(33-26-21)24(3,4)5/h6-9,11-13,18,27H,10H2,1-5H3,(H,28,29)/t18-/m1/s1. The number of carboxylic acids is 1. The molecule has 0 saturated carbocycles. The lowest BCUT2D eigenvalue weighted by molar-refractivity contribution is -0.139. The molecule has 2 aromatic heterocycles. The predicted octanol–water partition coefficient (Wildman–Crippen LogP) is 4.71. The van der Waals surface area contributed by atoms with Crippen molar-refractivity contribution < 1.29 is 27.3 Å². The molecule has 2 N–H and O–H groups in total. The number of carbonyl (C=O) groups is 1. The van der Waals surface area contributed by atoms with Gasteiger partial charge < -0.3 is 14.0 Å². The van der Waals surface area contributed by atoms with E-state index in [1.807, 2.05) is 46.8 Å². The minimum Gasteiger partial charge on any atom is -0.480 e. The number of benzene rings is 2. The van der Waals surface area contributed by atoms with Crippen LogP contribution in [0.2, 0.25) is 0 Å². The SMILES string of the molecule is CC(C)C[C@@H](NS(=O)(=O)c1ccc2c(c1)oc1ccc(-c3noc(C(C)(C)C)n3)cc12)C(=O)O. The molecular formula is C24H27N3O6S. The summed E-state index contributed by atoms with van der Waals surface area (Å²) in [7, 11) is -4.06. The van der Waals surface area contributed by atoms with Gasteiger partial charge in [-0.15, -0.1) is 0 Å². The molecule has 0 saturated heterocycles. The maximum Gasteiger partial charge on any atom is 0.321 e. The topological polar surface area (TPSA) is 136 Å². The largest absolute Gasteiger partial charge is 0.480 e. The number of furan rings is 1. The van der Waals surface area contributed by atoms with Gasteiger partial charge in [-0.1, -0.05) is 39.8 Å². The highest BCUT2D eigenvalue weighted by Gasteiger charge is 2.27. The van der Waals surface area contributed by atoms with Crippen molar-refractivity contribution >= 4 is 37.9 Å². The van der Waals surface area contributed by atoms with Crippen LogP contribution in [0.15, 0.2) is 50.2 Å². The lowest BCUT2D eigenvalue weighted by Crippen LogP contribution is -2.41. The first-order valence-corrected chi connectivity index (χ1v) is 12.4. The van der Waals surface area contributed by atoms with Gasteiger partial charge in [-0.05, 0) is 42.7 Å². The second kappa shape index (κ2) is 8.52. The summed E-state index contributed by atoms with van der Waals surface area (Å²) in [5.74, 6) is -0.228. The summed E-state index contributed by atoms with van der Waals surface area (Å²) in [6.45, 7) is 9.62. The summed E-state index contributed by atoms with van der Waals surface area (Å²) in [5, 5.41) is 15.0. The van der Waals surface area contributed by atoms with E-state index in [2.05, 4.69) is 14.9 Å². The van der Waals surface area contributed by atoms with Crippen LogP contribution >= 0.6 is 0 Å². The van der Waals surface area contributed by atoms with Crippen molar-refractivity contribution in [3.05, 3.63) is 42.3 Å². The Morgan fingerprint density at radius 3 is 2.44 bits per heavy atom. The van der Waals surface area contributed by atoms with Gasteiger partial charge in [0.15, 0.2) is 0 Å². The molecule has 0 aliphatic heterocycles. The van der Waals surface area contributed by atoms with Crippen LogP contribution in [0.5, 0.6) is 0 Å². The zero-order valence-corrected chi connectivity index (χ0v) is 20.4. The molecular weight excluding hydrogens is 458 g/mol. The van der Waals surface area contributed by atoms with Crippen LogP contribution in [0.3, 0.4) is 0 Å². The van der Waals surface area contributed by atoms with Crippen molar-refractivity contribution in [2.24, 2.45) is 5.92 Å². The van der Waals surface area contributed by atoms with E-state index in [1.165, 1.54) is 12.1 Å². The van der Waals surface area contributed by atoms with Gasteiger partial charge in [-0.25, -0.2) is 8.42 Å². The van der Waals surface area contributed by atoms with Crippen molar-refractivity contribution in [3.63, 3.8) is 0 Å². The molecule has 2 aromatic carbocycles. The summed E-state index contributed by atoms with van der Waals surface area (Å²) >= 11 is 0. The van der Waals surface area contributed by atoms with E-state index in [4.69, 9.17) is 8.94 Å². The molecule has 0 spiro atoms. The van der Waals surface area contributed by atoms with Gasteiger partial charge in [0, 0.05) is 27.8 Å². The minimum absolute atomic E-state index is 0.00883. The maximum absolute atomic E-state index is 12.9. The van der Waals surface area contributed by atoms with Gasteiger partial charge in [-0.2, -0.15) is 9.71 Å². The minimum atomic E-state index is -4.06. The third kappa shape index (κ3) is 4.69. The van der Waals surface area contributed by atoms with E-state index in [1.54, 1.807) is 12.1 Å². The Morgan fingerprint density at radius 2 is 1.82 bits per heavy atom. The Labute approximate surface area is 197 Å². The summed E-state index contributed by atoms with van der Waals surface area (Å²) < 4.78 is 39.3. The van der Waals surface area contributed by atoms with Crippen molar-refractivity contribution in [1.82, 2.24) is 14.9 Å². The van der Waals surface area contributed by atoms with Crippen LogP contribution in [0.1, 0.15) is 46.9 Å². The van der Waals surface area contributed by atoms with Gasteiger partial charge >= 0.3 is 5.97 Å². The van der Waals surface area contributed by atoms with E-state index < -0.39 is 22.0 Å². The first kappa shape index (κ1) is 23.9. The number of aromatic nitrogens is 2. The Balaban J connectivity index is 1.70. The van der Waals surface area contributed by atoms with Crippen LogP contribution in [-0.4, -0.2) is 35.7 Å². The number of nitrogens with zero attached hydrogens (tertiary/aromatic N) is 2. The molecule has 0 amide bonds. The van der Waals surface area contributed by atoms with Gasteiger partial charge in [0.05, 0.1) is 4.90 Å². The number of aliphatic carboxylic acids is 1. The van der Waals surface area contributed by atoms with Gasteiger partial charge in [0.1, 0.15) is 17.2 Å². The Bertz CT molecular complexity index is 1480. The van der Waals surface area contributed by atoms with Crippen molar-refractivity contribution in [1.29, 1.82) is 0 Å². The second-order valence-electron chi connectivity index (χ2n) is 9.79. The highest BCUT2D eigenvalue weighted by atomic mass is 32.2. The number of sulfonamides is 1. The molecule has 34 heavy (non-hydrogen) atoms. The molecule has 2 heterocycles. The van der Waals surface area contributed by atoms with E-state index >= 15 is 0 Å². The van der Waals surface area contributed by atoms with Crippen LogP contribution in [0, 0.1) is 5.92 Å². The number of hydrogen-bond acceptors (Lipinski definition) is 7. The quantitative estimate of drug-likeness (QED) is 0.384. The van der Waals surface area contributed by atoms with E-state index in [0.717, 1.165) is 10.9 Å². The fourth-order valence-corrected chi connectivity index (χ4v) is 4.85. The summed E-state index contributed by atoms with van der Waals surface area (Å²) in [5.41, 5.74) is 1.41. The molecule has 0 radical (unpaired) electrons. The van der Waals surface area contributed by atoms with Crippen LogP contribution in [0.4, 0.5) is 0 Å². The van der Waals surface area contributed by atoms with Crippen LogP contribution in [0.25, 0.3) is 33.3 Å². The molecule has 1 atom stereocenters. The number of rotatable bonds is 7. The zero-order valence-electron chi connectivity index (χ0n) is 19.6. The molecule has 180 valence electrons. The fourth-order valence-electron chi connectivity index (χ4n) is 3.64. The Kier molecular flexibility index (Phi) is 5.99. The highest BCUT2D eigenvalue weighted by molar-refractivity contribution is 7.89. The average Bonchev–Trinajstić information content (AvgIpc) is 3.36. The lowest BCUT2D eigenvalue weighted by atomic mass is 9.97. The van der Waals surface area contributed by atoms with Crippen LogP contribution < -0.4 is 4.72 Å². The number of fused-ring (bicyclic) bond motifs is 3. The highest BCUT2D eigenvalue weighted by Crippen LogP contribution is 2.33. The summed E-state index contributed by atoms with van der Waals surface area (Å²) in [6.07, 6.45) is 0.178. The van der Waals surface area contributed by atoms with E-state index in [-0.39, 0.29) is 22.6 Å². The Morgan fingerprint density at radius 1 is 1.09 bits per heavy atom. The van der Waals surface area contributed by atoms with Crippen LogP contribution in [-0.2, 0) is 20.2 Å². The van der Waals surface area contributed by atoms with Gasteiger partial charge in [0.25, 0.3) is 0 Å². The molecule has 4 aromatic rings. The molecule has 0 aliphatic rings. The first-order chi connectivity index (χ1) is 15.8. The molecule has 10 heteroatoms.